The van der Waals surface area contributed by atoms with Gasteiger partial charge in [-0.15, -0.1) is 0 Å². The zero-order valence-corrected chi connectivity index (χ0v) is 7.78. The van der Waals surface area contributed by atoms with E-state index in [-0.39, 0.29) is 0 Å². The summed E-state index contributed by atoms with van der Waals surface area (Å²) in [7, 11) is 0. The molecule has 0 bridgehead atoms. The quantitative estimate of drug-likeness (QED) is 0.486. The van der Waals surface area contributed by atoms with Crippen molar-refractivity contribution in [3.05, 3.63) is 23.8 Å². The molecule has 0 heterocycles. The normalized spacial score (nSPS) is 13.5. The number of rotatable bonds is 1. The van der Waals surface area contributed by atoms with Gasteiger partial charge in [0.05, 0.1) is 0 Å². The molecule has 0 saturated heterocycles. The fraction of sp³-hybridized carbons (Fsp3) is 0.600. The molecule has 0 aromatic heterocycles. The van der Waals surface area contributed by atoms with Gasteiger partial charge in [0.1, 0.15) is 0 Å². The van der Waals surface area contributed by atoms with Crippen LogP contribution in [0.2, 0.25) is 0 Å². The van der Waals surface area contributed by atoms with E-state index < -0.39 is 0 Å². The van der Waals surface area contributed by atoms with Gasteiger partial charge in [-0.25, -0.2) is 0 Å². The van der Waals surface area contributed by atoms with Crippen molar-refractivity contribution in [2.45, 2.75) is 34.6 Å². The molecule has 0 amide bonds. The van der Waals surface area contributed by atoms with Crippen molar-refractivity contribution in [3.8, 4) is 0 Å². The molecule has 0 atom stereocenters. The van der Waals surface area contributed by atoms with Gasteiger partial charge < -0.3 is 0 Å². The number of hydrogen-bond acceptors (Lipinski definition) is 0. The average Bonchev–Trinajstić information content (AvgIpc) is 1.60. The predicted octanol–water partition coefficient (Wildman–Crippen LogP) is 3.55. The highest BCUT2D eigenvalue weighted by molar-refractivity contribution is 5.20. The van der Waals surface area contributed by atoms with E-state index in [1.54, 1.807) is 0 Å². The highest BCUT2D eigenvalue weighted by atomic mass is 14.2. The topological polar surface area (TPSA) is 0 Å². The summed E-state index contributed by atoms with van der Waals surface area (Å²) in [5.74, 6) is 0. The minimum atomic E-state index is 0.291. The Kier molecular flexibility index (Phi) is 2.89. The molecule has 0 spiro atoms. The molecular weight excluding hydrogens is 120 g/mol. The fourth-order valence-corrected chi connectivity index (χ4v) is 0.586. The lowest BCUT2D eigenvalue weighted by atomic mass is 9.87. The highest BCUT2D eigenvalue weighted by Gasteiger charge is 2.11. The van der Waals surface area contributed by atoms with E-state index in [9.17, 15) is 0 Å². The maximum Gasteiger partial charge on any atom is -0.0173 e. The summed E-state index contributed by atoms with van der Waals surface area (Å²) in [6.45, 7) is 14.6. The van der Waals surface area contributed by atoms with E-state index in [1.807, 2.05) is 6.92 Å². The Hall–Kier alpha value is -0.520. The first-order valence-electron chi connectivity index (χ1n) is 3.68. The summed E-state index contributed by atoms with van der Waals surface area (Å²) in [5, 5.41) is 0. The molecule has 0 nitrogen and oxygen atoms in total. The summed E-state index contributed by atoms with van der Waals surface area (Å²) < 4.78 is 0. The molecule has 10 heavy (non-hydrogen) atoms. The van der Waals surface area contributed by atoms with Crippen molar-refractivity contribution in [1.29, 1.82) is 0 Å². The van der Waals surface area contributed by atoms with Crippen LogP contribution in [0.25, 0.3) is 0 Å². The van der Waals surface area contributed by atoms with E-state index in [0.29, 0.717) is 5.41 Å². The first-order valence-corrected chi connectivity index (χ1v) is 3.68. The summed E-state index contributed by atoms with van der Waals surface area (Å²) in [6, 6.07) is 0. The van der Waals surface area contributed by atoms with Crippen LogP contribution in [-0.2, 0) is 0 Å². The summed E-state index contributed by atoms with van der Waals surface area (Å²) in [6.07, 6.45) is 2.14. The molecule has 0 N–H and O–H groups in total. The molecule has 0 fully saturated rings. The Bertz CT molecular complexity index is 153. The second-order valence-electron chi connectivity index (χ2n) is 3.92. The van der Waals surface area contributed by atoms with Gasteiger partial charge in [-0.05, 0) is 19.3 Å². The van der Waals surface area contributed by atoms with Crippen molar-refractivity contribution >= 4 is 0 Å². The SMILES string of the molecule is C=C(C)C=C(C)C(C)(C)C. The van der Waals surface area contributed by atoms with E-state index in [2.05, 4.69) is 40.3 Å². The van der Waals surface area contributed by atoms with Crippen LogP contribution in [0.15, 0.2) is 23.8 Å². The molecule has 0 rings (SSSR count). The molecule has 0 radical (unpaired) electrons. The maximum absolute atomic E-state index is 3.83. The second kappa shape index (κ2) is 3.05. The number of allylic oxidation sites excluding steroid dienone is 3. The lowest BCUT2D eigenvalue weighted by Crippen LogP contribution is -2.06. The molecular formula is C10H18. The third-order valence-electron chi connectivity index (χ3n) is 1.65. The van der Waals surface area contributed by atoms with Gasteiger partial charge in [0.25, 0.3) is 0 Å². The predicted molar refractivity (Wildman–Crippen MR) is 48.0 cm³/mol. The van der Waals surface area contributed by atoms with Crippen molar-refractivity contribution in [3.63, 3.8) is 0 Å². The van der Waals surface area contributed by atoms with Crippen LogP contribution in [0.4, 0.5) is 0 Å². The van der Waals surface area contributed by atoms with Crippen LogP contribution < -0.4 is 0 Å². The minimum absolute atomic E-state index is 0.291. The third kappa shape index (κ3) is 3.49. The minimum Gasteiger partial charge on any atom is -0.0961 e. The van der Waals surface area contributed by atoms with Crippen molar-refractivity contribution < 1.29 is 0 Å². The Morgan fingerprint density at radius 1 is 1.20 bits per heavy atom. The fourth-order valence-electron chi connectivity index (χ4n) is 0.586. The monoisotopic (exact) mass is 138 g/mol. The first kappa shape index (κ1) is 9.48. The Balaban J connectivity index is 4.35. The first-order chi connectivity index (χ1) is 4.34. The zero-order chi connectivity index (χ0) is 8.36. The van der Waals surface area contributed by atoms with Gasteiger partial charge in [-0.3, -0.25) is 0 Å². The van der Waals surface area contributed by atoms with Crippen LogP contribution in [-0.4, -0.2) is 0 Å². The van der Waals surface area contributed by atoms with Gasteiger partial charge in [-0.1, -0.05) is 44.6 Å². The van der Waals surface area contributed by atoms with Gasteiger partial charge >= 0.3 is 0 Å². The van der Waals surface area contributed by atoms with Crippen molar-refractivity contribution in [2.24, 2.45) is 5.41 Å². The van der Waals surface area contributed by atoms with Crippen LogP contribution >= 0.6 is 0 Å². The summed E-state index contributed by atoms with van der Waals surface area (Å²) in [5.41, 5.74) is 2.81. The van der Waals surface area contributed by atoms with E-state index >= 15 is 0 Å². The average molecular weight is 138 g/mol. The Morgan fingerprint density at radius 2 is 1.60 bits per heavy atom. The highest BCUT2D eigenvalue weighted by Crippen LogP contribution is 2.24. The summed E-state index contributed by atoms with van der Waals surface area (Å²) >= 11 is 0. The lowest BCUT2D eigenvalue weighted by molar-refractivity contribution is 0.503. The third-order valence-corrected chi connectivity index (χ3v) is 1.65. The Morgan fingerprint density at radius 3 is 1.70 bits per heavy atom. The molecule has 0 saturated carbocycles. The van der Waals surface area contributed by atoms with Gasteiger partial charge in [-0.2, -0.15) is 0 Å². The second-order valence-corrected chi connectivity index (χ2v) is 3.92. The van der Waals surface area contributed by atoms with Crippen LogP contribution in [0.5, 0.6) is 0 Å². The molecule has 0 unspecified atom stereocenters. The van der Waals surface area contributed by atoms with Gasteiger partial charge in [0.15, 0.2) is 0 Å². The van der Waals surface area contributed by atoms with E-state index in [0.717, 1.165) is 5.57 Å². The molecule has 0 aliphatic carbocycles. The molecule has 0 aliphatic heterocycles. The Labute approximate surface area is 64.6 Å². The maximum atomic E-state index is 3.83. The molecule has 0 aromatic rings. The van der Waals surface area contributed by atoms with E-state index in [1.165, 1.54) is 5.57 Å². The molecule has 58 valence electrons. The lowest BCUT2D eigenvalue weighted by Gasteiger charge is -2.19. The molecule has 0 aromatic carbocycles. The standard InChI is InChI=1S/C10H18/c1-8(2)7-9(3)10(4,5)6/h7H,1H2,2-6H3. The molecule has 0 aliphatic rings. The van der Waals surface area contributed by atoms with Crippen LogP contribution in [0.3, 0.4) is 0 Å². The van der Waals surface area contributed by atoms with Gasteiger partial charge in [0, 0.05) is 0 Å². The number of hydrogen-bond donors (Lipinski definition) is 0. The van der Waals surface area contributed by atoms with Crippen LogP contribution in [0.1, 0.15) is 34.6 Å². The summed E-state index contributed by atoms with van der Waals surface area (Å²) in [4.78, 5) is 0. The smallest absolute Gasteiger partial charge is 0.0173 e. The van der Waals surface area contributed by atoms with Crippen molar-refractivity contribution in [2.75, 3.05) is 0 Å². The van der Waals surface area contributed by atoms with Crippen molar-refractivity contribution in [1.82, 2.24) is 0 Å². The largest absolute Gasteiger partial charge is 0.0961 e. The van der Waals surface area contributed by atoms with Crippen LogP contribution in [0, 0.1) is 5.41 Å². The van der Waals surface area contributed by atoms with Gasteiger partial charge in [0.2, 0.25) is 0 Å². The molecule has 0 heteroatoms. The zero-order valence-electron chi connectivity index (χ0n) is 7.78. The van der Waals surface area contributed by atoms with E-state index in [4.69, 9.17) is 0 Å².